The van der Waals surface area contributed by atoms with Gasteiger partial charge in [0.1, 0.15) is 0 Å². The van der Waals surface area contributed by atoms with Gasteiger partial charge >= 0.3 is 0 Å². The normalized spacial score (nSPS) is 30.4. The number of benzene rings is 1. The molecule has 0 aliphatic carbocycles. The van der Waals surface area contributed by atoms with E-state index < -0.39 is 0 Å². The van der Waals surface area contributed by atoms with Gasteiger partial charge in [0.05, 0.1) is 6.04 Å². The van der Waals surface area contributed by atoms with Crippen LogP contribution in [0.15, 0.2) is 18.2 Å². The Morgan fingerprint density at radius 2 is 1.89 bits per heavy atom. The van der Waals surface area contributed by atoms with Crippen molar-refractivity contribution in [2.45, 2.75) is 19.9 Å². The van der Waals surface area contributed by atoms with E-state index in [9.17, 15) is 4.79 Å². The third-order valence-corrected chi connectivity index (χ3v) is 4.23. The molecule has 3 saturated heterocycles. The Morgan fingerprint density at radius 1 is 1.17 bits per heavy atom. The van der Waals surface area contributed by atoms with Gasteiger partial charge in [0.2, 0.25) is 0 Å². The van der Waals surface area contributed by atoms with Crippen LogP contribution in [-0.2, 0) is 0 Å². The fourth-order valence-corrected chi connectivity index (χ4v) is 3.14. The number of carbonyl (C=O) groups is 1. The second-order valence-corrected chi connectivity index (χ2v) is 5.54. The van der Waals surface area contributed by atoms with Crippen LogP contribution in [0, 0.1) is 13.8 Å². The fourth-order valence-electron chi connectivity index (χ4n) is 3.14. The molecule has 1 atom stereocenters. The molecule has 0 saturated carbocycles. The highest BCUT2D eigenvalue weighted by molar-refractivity contribution is 6.01. The molecule has 3 fully saturated rings. The smallest absolute Gasteiger partial charge is 0.181 e. The van der Waals surface area contributed by atoms with Gasteiger partial charge in [-0.1, -0.05) is 23.8 Å². The summed E-state index contributed by atoms with van der Waals surface area (Å²) in [6.45, 7) is 9.35. The van der Waals surface area contributed by atoms with Gasteiger partial charge in [-0.15, -0.1) is 0 Å². The van der Waals surface area contributed by atoms with Crippen LogP contribution in [0.4, 0.5) is 0 Å². The monoisotopic (exact) mass is 244 g/mol. The lowest BCUT2D eigenvalue weighted by Gasteiger charge is -2.46. The number of hydrogen-bond donors (Lipinski definition) is 0. The van der Waals surface area contributed by atoms with Crippen molar-refractivity contribution in [3.8, 4) is 0 Å². The average molecular weight is 244 g/mol. The molecular formula is C15H20N2O. The van der Waals surface area contributed by atoms with Crippen molar-refractivity contribution in [2.75, 3.05) is 32.7 Å². The van der Waals surface area contributed by atoms with E-state index in [4.69, 9.17) is 0 Å². The number of hydrogen-bond acceptors (Lipinski definition) is 3. The first-order valence-electron chi connectivity index (χ1n) is 6.73. The summed E-state index contributed by atoms with van der Waals surface area (Å²) >= 11 is 0. The number of piperazine rings is 3. The van der Waals surface area contributed by atoms with Gasteiger partial charge in [0.25, 0.3) is 0 Å². The quantitative estimate of drug-likeness (QED) is 0.736. The number of Topliss-reactive ketones (excluding diaryl/α,β-unsaturated/α-hetero) is 1. The largest absolute Gasteiger partial charge is 0.299 e. The van der Waals surface area contributed by atoms with Crippen molar-refractivity contribution in [3.63, 3.8) is 0 Å². The van der Waals surface area contributed by atoms with E-state index in [2.05, 4.69) is 22.8 Å². The molecule has 0 aromatic heterocycles. The Balaban J connectivity index is 1.86. The van der Waals surface area contributed by atoms with Crippen molar-refractivity contribution < 1.29 is 4.79 Å². The van der Waals surface area contributed by atoms with Gasteiger partial charge in [-0.05, 0) is 19.4 Å². The van der Waals surface area contributed by atoms with Crippen molar-refractivity contribution in [2.24, 2.45) is 0 Å². The molecule has 1 aromatic carbocycles. The lowest BCUT2D eigenvalue weighted by Crippen LogP contribution is -2.63. The molecule has 18 heavy (non-hydrogen) atoms. The highest BCUT2D eigenvalue weighted by Gasteiger charge is 2.36. The third kappa shape index (κ3) is 1.98. The predicted octanol–water partition coefficient (Wildman–Crippen LogP) is 1.49. The molecule has 0 N–H and O–H groups in total. The summed E-state index contributed by atoms with van der Waals surface area (Å²) in [6, 6.07) is 6.21. The summed E-state index contributed by atoms with van der Waals surface area (Å²) in [5.41, 5.74) is 3.23. The summed E-state index contributed by atoms with van der Waals surface area (Å²) in [6.07, 6.45) is 0. The number of aryl methyl sites for hydroxylation is 2. The van der Waals surface area contributed by atoms with Crippen LogP contribution in [0.5, 0.6) is 0 Å². The SMILES string of the molecule is Cc1ccc(C(=O)C2CN3CCN2CC3)c(C)c1. The first-order chi connectivity index (χ1) is 8.65. The topological polar surface area (TPSA) is 23.6 Å². The molecule has 0 radical (unpaired) electrons. The van der Waals surface area contributed by atoms with Crippen LogP contribution in [0.25, 0.3) is 0 Å². The van der Waals surface area contributed by atoms with Crippen LogP contribution >= 0.6 is 0 Å². The predicted molar refractivity (Wildman–Crippen MR) is 72.0 cm³/mol. The summed E-state index contributed by atoms with van der Waals surface area (Å²) in [5.74, 6) is 0.303. The number of carbonyl (C=O) groups excluding carboxylic acids is 1. The van der Waals surface area contributed by atoms with E-state index in [0.717, 1.165) is 43.9 Å². The average Bonchev–Trinajstić information content (AvgIpc) is 2.39. The molecule has 3 aliphatic heterocycles. The molecule has 2 bridgehead atoms. The highest BCUT2D eigenvalue weighted by Crippen LogP contribution is 2.21. The Labute approximate surface area is 108 Å². The van der Waals surface area contributed by atoms with Gasteiger partial charge < -0.3 is 0 Å². The van der Waals surface area contributed by atoms with Gasteiger partial charge in [-0.3, -0.25) is 14.6 Å². The van der Waals surface area contributed by atoms with Gasteiger partial charge in [-0.2, -0.15) is 0 Å². The van der Waals surface area contributed by atoms with Crippen LogP contribution in [-0.4, -0.2) is 54.3 Å². The first-order valence-corrected chi connectivity index (χ1v) is 6.73. The maximum atomic E-state index is 12.7. The van der Waals surface area contributed by atoms with Crippen LogP contribution < -0.4 is 0 Å². The number of fused-ring (bicyclic) bond motifs is 3. The van der Waals surface area contributed by atoms with E-state index in [1.54, 1.807) is 0 Å². The fraction of sp³-hybridized carbons (Fsp3) is 0.533. The second kappa shape index (κ2) is 4.48. The molecule has 0 spiro atoms. The third-order valence-electron chi connectivity index (χ3n) is 4.23. The Hall–Kier alpha value is -1.19. The number of ketones is 1. The first kappa shape index (κ1) is 11.9. The van der Waals surface area contributed by atoms with Crippen molar-refractivity contribution >= 4 is 5.78 Å². The molecule has 1 aromatic rings. The zero-order valence-electron chi connectivity index (χ0n) is 11.1. The summed E-state index contributed by atoms with van der Waals surface area (Å²) < 4.78 is 0. The molecular weight excluding hydrogens is 224 g/mol. The molecule has 3 heterocycles. The summed E-state index contributed by atoms with van der Waals surface area (Å²) in [7, 11) is 0. The van der Waals surface area contributed by atoms with E-state index in [-0.39, 0.29) is 6.04 Å². The molecule has 0 amide bonds. The Morgan fingerprint density at radius 3 is 2.44 bits per heavy atom. The highest BCUT2D eigenvalue weighted by atomic mass is 16.1. The summed E-state index contributed by atoms with van der Waals surface area (Å²) in [4.78, 5) is 17.4. The minimum Gasteiger partial charge on any atom is -0.299 e. The lowest BCUT2D eigenvalue weighted by molar-refractivity contribution is 0.0159. The summed E-state index contributed by atoms with van der Waals surface area (Å²) in [5, 5.41) is 0. The standard InChI is InChI=1S/C15H20N2O/c1-11-3-4-13(12(2)9-11)15(18)14-10-16-5-7-17(14)8-6-16/h3-4,9,14H,5-8,10H2,1-2H3. The van der Waals surface area contributed by atoms with Gasteiger partial charge in [0.15, 0.2) is 5.78 Å². The maximum absolute atomic E-state index is 12.7. The van der Waals surface area contributed by atoms with E-state index >= 15 is 0 Å². The van der Waals surface area contributed by atoms with Gasteiger partial charge in [0, 0.05) is 38.3 Å². The molecule has 3 aliphatic rings. The zero-order chi connectivity index (χ0) is 12.7. The van der Waals surface area contributed by atoms with Crippen molar-refractivity contribution in [3.05, 3.63) is 34.9 Å². The Kier molecular flexibility index (Phi) is 2.96. The van der Waals surface area contributed by atoms with E-state index in [1.807, 2.05) is 19.1 Å². The zero-order valence-corrected chi connectivity index (χ0v) is 11.1. The lowest BCUT2D eigenvalue weighted by atomic mass is 9.94. The number of nitrogens with zero attached hydrogens (tertiary/aromatic N) is 2. The second-order valence-electron chi connectivity index (χ2n) is 5.54. The molecule has 3 nitrogen and oxygen atoms in total. The molecule has 96 valence electrons. The van der Waals surface area contributed by atoms with Gasteiger partial charge in [-0.25, -0.2) is 0 Å². The van der Waals surface area contributed by atoms with Crippen LogP contribution in [0.1, 0.15) is 21.5 Å². The molecule has 4 rings (SSSR count). The minimum atomic E-state index is 0.0777. The van der Waals surface area contributed by atoms with E-state index in [1.165, 1.54) is 5.56 Å². The van der Waals surface area contributed by atoms with Crippen molar-refractivity contribution in [1.29, 1.82) is 0 Å². The number of rotatable bonds is 2. The van der Waals surface area contributed by atoms with Crippen LogP contribution in [0.2, 0.25) is 0 Å². The van der Waals surface area contributed by atoms with E-state index in [0.29, 0.717) is 5.78 Å². The minimum absolute atomic E-state index is 0.0777. The van der Waals surface area contributed by atoms with Crippen molar-refractivity contribution in [1.82, 2.24) is 9.80 Å². The Bertz CT molecular complexity index is 475. The van der Waals surface area contributed by atoms with Crippen LogP contribution in [0.3, 0.4) is 0 Å². The molecule has 1 unspecified atom stereocenters. The maximum Gasteiger partial charge on any atom is 0.181 e. The molecule has 3 heteroatoms.